The largest absolute Gasteiger partial charge is 0.497 e. The molecule has 0 unspecified atom stereocenters. The van der Waals surface area contributed by atoms with Gasteiger partial charge in [-0.05, 0) is 49.7 Å². The third-order valence-corrected chi connectivity index (χ3v) is 6.28. The van der Waals surface area contributed by atoms with E-state index < -0.39 is 27.3 Å². The molecule has 3 rings (SSSR count). The van der Waals surface area contributed by atoms with E-state index in [-0.39, 0.29) is 11.6 Å². The SMILES string of the molecule is COc1cccc(-c2nc(CS(=O)(=O)CC(=O)Nc3cccc(Cl)c3C)c(C)o2)c1. The first-order valence-corrected chi connectivity index (χ1v) is 11.2. The molecule has 30 heavy (non-hydrogen) atoms. The Labute approximate surface area is 180 Å². The lowest BCUT2D eigenvalue weighted by atomic mass is 10.2. The predicted octanol–water partition coefficient (Wildman–Crippen LogP) is 4.17. The average molecular weight is 449 g/mol. The zero-order chi connectivity index (χ0) is 21.9. The van der Waals surface area contributed by atoms with Gasteiger partial charge >= 0.3 is 0 Å². The molecule has 0 radical (unpaired) electrons. The number of aryl methyl sites for hydroxylation is 1. The summed E-state index contributed by atoms with van der Waals surface area (Å²) < 4.78 is 35.9. The fourth-order valence-electron chi connectivity index (χ4n) is 2.83. The minimum absolute atomic E-state index is 0.263. The minimum Gasteiger partial charge on any atom is -0.497 e. The average Bonchev–Trinajstić information content (AvgIpc) is 3.04. The zero-order valence-corrected chi connectivity index (χ0v) is 18.3. The first-order valence-electron chi connectivity index (χ1n) is 9.04. The standard InChI is InChI=1S/C21H21ClN2O5S/c1-13-17(22)8-5-9-18(13)23-20(25)12-30(26,27)11-19-14(2)29-21(24-19)15-6-4-7-16(10-15)28-3/h4-10H,11-12H2,1-3H3,(H,23,25). The monoisotopic (exact) mass is 448 g/mol. The maximum Gasteiger partial charge on any atom is 0.239 e. The molecule has 0 saturated heterocycles. The van der Waals surface area contributed by atoms with Crippen molar-refractivity contribution < 1.29 is 22.4 Å². The Morgan fingerprint density at radius 2 is 1.93 bits per heavy atom. The zero-order valence-electron chi connectivity index (χ0n) is 16.7. The summed E-state index contributed by atoms with van der Waals surface area (Å²) in [5, 5.41) is 3.08. The van der Waals surface area contributed by atoms with Gasteiger partial charge in [0.15, 0.2) is 9.84 Å². The van der Waals surface area contributed by atoms with Crippen LogP contribution in [0.15, 0.2) is 46.9 Å². The Morgan fingerprint density at radius 3 is 2.67 bits per heavy atom. The van der Waals surface area contributed by atoms with E-state index in [1.54, 1.807) is 63.4 Å². The molecular formula is C21H21ClN2O5S. The van der Waals surface area contributed by atoms with E-state index in [2.05, 4.69) is 10.3 Å². The molecule has 0 aliphatic heterocycles. The third-order valence-electron chi connectivity index (χ3n) is 4.46. The number of methoxy groups -OCH3 is 1. The summed E-state index contributed by atoms with van der Waals surface area (Å²) in [6, 6.07) is 12.1. The fourth-order valence-corrected chi connectivity index (χ4v) is 4.26. The molecule has 158 valence electrons. The number of hydrogen-bond donors (Lipinski definition) is 1. The molecule has 1 amide bonds. The summed E-state index contributed by atoms with van der Waals surface area (Å²) in [6.45, 7) is 3.38. The second kappa shape index (κ2) is 8.89. The first-order chi connectivity index (χ1) is 14.2. The van der Waals surface area contributed by atoms with Crippen LogP contribution < -0.4 is 10.1 Å². The van der Waals surface area contributed by atoms with Crippen LogP contribution in [0.2, 0.25) is 5.02 Å². The van der Waals surface area contributed by atoms with Crippen LogP contribution in [0.25, 0.3) is 11.5 Å². The Hall–Kier alpha value is -2.84. The van der Waals surface area contributed by atoms with Gasteiger partial charge < -0.3 is 14.5 Å². The maximum absolute atomic E-state index is 12.6. The van der Waals surface area contributed by atoms with Crippen LogP contribution in [0.5, 0.6) is 5.75 Å². The number of sulfone groups is 1. The number of carbonyl (C=O) groups excluding carboxylic acids is 1. The Balaban J connectivity index is 1.73. The van der Waals surface area contributed by atoms with Crippen LogP contribution in [0.1, 0.15) is 17.0 Å². The van der Waals surface area contributed by atoms with Crippen LogP contribution in [-0.2, 0) is 20.4 Å². The lowest BCUT2D eigenvalue weighted by Gasteiger charge is -2.09. The van der Waals surface area contributed by atoms with Gasteiger partial charge in [0.25, 0.3) is 0 Å². The van der Waals surface area contributed by atoms with Crippen molar-refractivity contribution in [1.82, 2.24) is 4.98 Å². The number of benzene rings is 2. The predicted molar refractivity (Wildman–Crippen MR) is 116 cm³/mol. The highest BCUT2D eigenvalue weighted by molar-refractivity contribution is 7.91. The Bertz CT molecular complexity index is 1190. The number of nitrogens with one attached hydrogen (secondary N) is 1. The molecule has 2 aromatic carbocycles. The highest BCUT2D eigenvalue weighted by Crippen LogP contribution is 2.26. The number of rotatable bonds is 7. The second-order valence-electron chi connectivity index (χ2n) is 6.75. The van der Waals surface area contributed by atoms with Gasteiger partial charge in [-0.1, -0.05) is 23.7 Å². The number of hydrogen-bond acceptors (Lipinski definition) is 6. The van der Waals surface area contributed by atoms with E-state index in [1.165, 1.54) is 0 Å². The number of oxazole rings is 1. The van der Waals surface area contributed by atoms with Crippen LogP contribution in [0.4, 0.5) is 5.69 Å². The summed E-state index contributed by atoms with van der Waals surface area (Å²) in [7, 11) is -2.22. The van der Waals surface area contributed by atoms with Gasteiger partial charge in [0.2, 0.25) is 11.8 Å². The number of halogens is 1. The van der Waals surface area contributed by atoms with E-state index in [1.807, 2.05) is 0 Å². The molecule has 1 N–H and O–H groups in total. The molecule has 0 aliphatic carbocycles. The summed E-state index contributed by atoms with van der Waals surface area (Å²) >= 11 is 6.03. The maximum atomic E-state index is 12.6. The van der Waals surface area contributed by atoms with Crippen LogP contribution in [-0.4, -0.2) is 32.2 Å². The van der Waals surface area contributed by atoms with Crippen LogP contribution >= 0.6 is 11.6 Å². The highest BCUT2D eigenvalue weighted by atomic mass is 35.5. The van der Waals surface area contributed by atoms with Crippen LogP contribution in [0, 0.1) is 13.8 Å². The van der Waals surface area contributed by atoms with E-state index in [0.717, 1.165) is 0 Å². The van der Waals surface area contributed by atoms with Gasteiger partial charge in [-0.2, -0.15) is 0 Å². The van der Waals surface area contributed by atoms with Crippen molar-refractivity contribution in [3.8, 4) is 17.2 Å². The van der Waals surface area contributed by atoms with E-state index in [0.29, 0.717) is 33.3 Å². The van der Waals surface area contributed by atoms with Crippen molar-refractivity contribution in [3.63, 3.8) is 0 Å². The van der Waals surface area contributed by atoms with Crippen molar-refractivity contribution in [2.45, 2.75) is 19.6 Å². The van der Waals surface area contributed by atoms with Gasteiger partial charge in [-0.15, -0.1) is 0 Å². The Kier molecular flexibility index (Phi) is 6.48. The molecular weight excluding hydrogens is 428 g/mol. The number of carbonyl (C=O) groups is 1. The molecule has 0 saturated carbocycles. The molecule has 3 aromatic rings. The molecule has 9 heteroatoms. The third kappa shape index (κ3) is 5.20. The van der Waals surface area contributed by atoms with Gasteiger partial charge in [0.1, 0.15) is 17.3 Å². The van der Waals surface area contributed by atoms with Crippen molar-refractivity contribution in [1.29, 1.82) is 0 Å². The summed E-state index contributed by atoms with van der Waals surface area (Å²) in [5.74, 6) is -0.438. The molecule has 1 heterocycles. The van der Waals surface area contributed by atoms with Gasteiger partial charge in [-0.3, -0.25) is 4.79 Å². The molecule has 0 spiro atoms. The quantitative estimate of drug-likeness (QED) is 0.582. The lowest BCUT2D eigenvalue weighted by molar-refractivity contribution is -0.113. The molecule has 0 bridgehead atoms. The molecule has 0 atom stereocenters. The van der Waals surface area contributed by atoms with Crippen molar-refractivity contribution in [2.24, 2.45) is 0 Å². The summed E-state index contributed by atoms with van der Waals surface area (Å²) in [5.41, 5.74) is 2.07. The fraction of sp³-hybridized carbons (Fsp3) is 0.238. The van der Waals surface area contributed by atoms with E-state index in [4.69, 9.17) is 20.8 Å². The second-order valence-corrected chi connectivity index (χ2v) is 9.22. The summed E-state index contributed by atoms with van der Waals surface area (Å²) in [6.07, 6.45) is 0. The van der Waals surface area contributed by atoms with Gasteiger partial charge in [-0.25, -0.2) is 13.4 Å². The molecule has 0 fully saturated rings. The lowest BCUT2D eigenvalue weighted by Crippen LogP contribution is -2.24. The van der Waals surface area contributed by atoms with Gasteiger partial charge in [0.05, 0.1) is 18.6 Å². The molecule has 7 nitrogen and oxygen atoms in total. The summed E-state index contributed by atoms with van der Waals surface area (Å²) in [4.78, 5) is 16.6. The highest BCUT2D eigenvalue weighted by Gasteiger charge is 2.22. The number of nitrogens with zero attached hydrogens (tertiary/aromatic N) is 1. The molecule has 1 aromatic heterocycles. The molecule has 0 aliphatic rings. The van der Waals surface area contributed by atoms with E-state index >= 15 is 0 Å². The van der Waals surface area contributed by atoms with Crippen molar-refractivity contribution in [3.05, 3.63) is 64.5 Å². The van der Waals surface area contributed by atoms with Crippen molar-refractivity contribution >= 4 is 33.0 Å². The first kappa shape index (κ1) is 21.9. The Morgan fingerprint density at radius 1 is 1.20 bits per heavy atom. The number of amides is 1. The smallest absolute Gasteiger partial charge is 0.239 e. The number of ether oxygens (including phenoxy) is 1. The van der Waals surface area contributed by atoms with Gasteiger partial charge in [0, 0.05) is 16.3 Å². The van der Waals surface area contributed by atoms with Crippen LogP contribution in [0.3, 0.4) is 0 Å². The number of anilines is 1. The minimum atomic E-state index is -3.77. The number of aromatic nitrogens is 1. The van der Waals surface area contributed by atoms with E-state index in [9.17, 15) is 13.2 Å². The topological polar surface area (TPSA) is 98.5 Å². The normalized spacial score (nSPS) is 11.3. The van der Waals surface area contributed by atoms with Crippen molar-refractivity contribution in [2.75, 3.05) is 18.2 Å².